The highest BCUT2D eigenvalue weighted by Gasteiger charge is 1.79. The number of hydrogen-bond acceptors (Lipinski definition) is 0. The van der Waals surface area contributed by atoms with E-state index in [0.717, 1.165) is 0 Å². The average molecular weight is 103 g/mol. The van der Waals surface area contributed by atoms with Gasteiger partial charge >= 0.3 is 0 Å². The maximum atomic E-state index is 3.16. The predicted molar refractivity (Wildman–Crippen MR) is 32.7 cm³/mol. The third-order valence-corrected chi connectivity index (χ3v) is 0.583. The van der Waals surface area contributed by atoms with E-state index in [4.69, 9.17) is 0 Å². The molecule has 0 rings (SSSR count). The normalized spacial score (nSPS) is 9.17. The van der Waals surface area contributed by atoms with Crippen LogP contribution >= 0.6 is 8.86 Å². The summed E-state index contributed by atoms with van der Waals surface area (Å²) in [6.07, 6.45) is 0. The van der Waals surface area contributed by atoms with Crippen molar-refractivity contribution < 1.29 is 0 Å². The molecule has 0 heterocycles. The Kier molecular flexibility index (Phi) is 3.40. The van der Waals surface area contributed by atoms with Gasteiger partial charge in [0.1, 0.15) is 0 Å². The highest BCUT2D eigenvalue weighted by Crippen LogP contribution is 1.69. The second-order valence-corrected chi connectivity index (χ2v) is 1.75. The van der Waals surface area contributed by atoms with E-state index in [1.54, 1.807) is 5.92 Å². The summed E-state index contributed by atoms with van der Waals surface area (Å²) in [7, 11) is 3.16. The minimum Gasteiger partial charge on any atom is -0.289 e. The molecule has 0 atom stereocenters. The summed E-state index contributed by atoms with van der Waals surface area (Å²) in [4.78, 5) is 0. The molecular weight excluding hydrogens is 93.0 g/mol. The summed E-state index contributed by atoms with van der Waals surface area (Å²) in [5, 5.41) is 3.00. The molecule has 0 spiro atoms. The molecular formula is C4H10NP. The lowest BCUT2D eigenvalue weighted by molar-refractivity contribution is 0.749. The number of nitrogens with one attached hydrogen (secondary N) is 1. The SMILES string of the molecule is CC(C)NC=P. The van der Waals surface area contributed by atoms with Gasteiger partial charge in [-0.25, -0.2) is 0 Å². The first-order chi connectivity index (χ1) is 2.77. The molecule has 0 aromatic carbocycles. The summed E-state index contributed by atoms with van der Waals surface area (Å²) >= 11 is 0. The first-order valence-electron chi connectivity index (χ1n) is 2.02. The Morgan fingerprint density at radius 3 is 2.17 bits per heavy atom. The molecule has 0 fully saturated rings. The molecule has 6 heavy (non-hydrogen) atoms. The van der Waals surface area contributed by atoms with Gasteiger partial charge in [0.25, 0.3) is 0 Å². The van der Waals surface area contributed by atoms with Gasteiger partial charge in [0, 0.05) is 6.04 Å². The van der Waals surface area contributed by atoms with Gasteiger partial charge < -0.3 is 0 Å². The smallest absolute Gasteiger partial charge is 0.00533 e. The van der Waals surface area contributed by atoms with Crippen LogP contribution in [-0.4, -0.2) is 12.0 Å². The molecule has 0 saturated carbocycles. The topological polar surface area (TPSA) is 12.0 Å². The molecule has 0 radical (unpaired) electrons. The fourth-order valence-corrected chi connectivity index (χ4v) is 0.500. The minimum absolute atomic E-state index is 0.544. The van der Waals surface area contributed by atoms with Crippen LogP contribution in [-0.2, 0) is 0 Å². The van der Waals surface area contributed by atoms with Crippen LogP contribution in [0.4, 0.5) is 0 Å². The molecule has 2 heteroatoms. The standard InChI is InChI=1S/C4H10NP/c1-4(2)5-3-6/h3-6H,1-2H3. The summed E-state index contributed by atoms with van der Waals surface area (Å²) in [5.41, 5.74) is 0. The van der Waals surface area contributed by atoms with Crippen LogP contribution in [0.5, 0.6) is 0 Å². The van der Waals surface area contributed by atoms with Crippen molar-refractivity contribution in [1.82, 2.24) is 5.32 Å². The van der Waals surface area contributed by atoms with Gasteiger partial charge in [0.15, 0.2) is 0 Å². The largest absolute Gasteiger partial charge is 0.289 e. The summed E-state index contributed by atoms with van der Waals surface area (Å²) < 4.78 is 0. The molecule has 0 aromatic heterocycles. The van der Waals surface area contributed by atoms with Crippen LogP contribution in [0.2, 0.25) is 0 Å². The molecule has 0 unspecified atom stereocenters. The lowest BCUT2D eigenvalue weighted by Crippen LogP contribution is -2.18. The zero-order valence-corrected chi connectivity index (χ0v) is 5.15. The van der Waals surface area contributed by atoms with Gasteiger partial charge in [-0.05, 0) is 19.8 Å². The highest BCUT2D eigenvalue weighted by molar-refractivity contribution is 7.18. The van der Waals surface area contributed by atoms with Gasteiger partial charge in [-0.1, -0.05) is 0 Å². The van der Waals surface area contributed by atoms with Gasteiger partial charge in [0.05, 0.1) is 0 Å². The van der Waals surface area contributed by atoms with Crippen molar-refractivity contribution in [2.75, 3.05) is 0 Å². The molecule has 36 valence electrons. The van der Waals surface area contributed by atoms with Crippen LogP contribution in [0.3, 0.4) is 0 Å². The lowest BCUT2D eigenvalue weighted by atomic mass is 10.4. The van der Waals surface area contributed by atoms with E-state index in [0.29, 0.717) is 6.04 Å². The zero-order chi connectivity index (χ0) is 4.99. The first kappa shape index (κ1) is 6.13. The molecule has 0 aliphatic heterocycles. The van der Waals surface area contributed by atoms with Crippen molar-refractivity contribution in [2.24, 2.45) is 0 Å². The van der Waals surface area contributed by atoms with Gasteiger partial charge in [-0.15, -0.1) is 8.86 Å². The van der Waals surface area contributed by atoms with Crippen molar-refractivity contribution in [1.29, 1.82) is 0 Å². The van der Waals surface area contributed by atoms with Crippen LogP contribution < -0.4 is 5.32 Å². The van der Waals surface area contributed by atoms with Crippen molar-refractivity contribution in [3.8, 4) is 0 Å². The molecule has 0 aliphatic rings. The Morgan fingerprint density at radius 1 is 1.67 bits per heavy atom. The van der Waals surface area contributed by atoms with E-state index >= 15 is 0 Å². The average Bonchev–Trinajstić information content (AvgIpc) is 1.35. The maximum absolute atomic E-state index is 3.16. The molecule has 0 aliphatic carbocycles. The summed E-state index contributed by atoms with van der Waals surface area (Å²) in [5.74, 6) is 1.75. The van der Waals surface area contributed by atoms with E-state index < -0.39 is 0 Å². The molecule has 0 saturated heterocycles. The lowest BCUT2D eigenvalue weighted by Gasteiger charge is -1.96. The van der Waals surface area contributed by atoms with Gasteiger partial charge in [-0.2, -0.15) is 0 Å². The van der Waals surface area contributed by atoms with E-state index in [2.05, 4.69) is 28.0 Å². The molecule has 1 nitrogen and oxygen atoms in total. The third kappa shape index (κ3) is 4.13. The third-order valence-electron chi connectivity index (χ3n) is 0.417. The van der Waals surface area contributed by atoms with Crippen molar-refractivity contribution in [2.45, 2.75) is 19.9 Å². The van der Waals surface area contributed by atoms with Crippen molar-refractivity contribution >= 4 is 14.8 Å². The quantitative estimate of drug-likeness (QED) is 0.512. The van der Waals surface area contributed by atoms with Crippen molar-refractivity contribution in [3.63, 3.8) is 0 Å². The van der Waals surface area contributed by atoms with E-state index in [-0.39, 0.29) is 0 Å². The zero-order valence-electron chi connectivity index (χ0n) is 4.15. The Morgan fingerprint density at radius 2 is 2.17 bits per heavy atom. The van der Waals surface area contributed by atoms with E-state index in [1.807, 2.05) is 0 Å². The van der Waals surface area contributed by atoms with Gasteiger partial charge in [-0.3, -0.25) is 5.32 Å². The predicted octanol–water partition coefficient (Wildman–Crippen LogP) is 0.887. The molecule has 0 amide bonds. The van der Waals surface area contributed by atoms with Crippen molar-refractivity contribution in [3.05, 3.63) is 0 Å². The summed E-state index contributed by atoms with van der Waals surface area (Å²) in [6, 6.07) is 0.544. The summed E-state index contributed by atoms with van der Waals surface area (Å²) in [6.45, 7) is 4.16. The fourth-order valence-electron chi connectivity index (χ4n) is 0.167. The number of hydrogen-bond donors (Lipinski definition) is 1. The van der Waals surface area contributed by atoms with E-state index in [9.17, 15) is 0 Å². The highest BCUT2D eigenvalue weighted by atomic mass is 31.0. The monoisotopic (exact) mass is 103 g/mol. The van der Waals surface area contributed by atoms with Crippen LogP contribution in [0.15, 0.2) is 0 Å². The first-order valence-corrected chi connectivity index (χ1v) is 2.60. The van der Waals surface area contributed by atoms with Crippen LogP contribution in [0.1, 0.15) is 13.8 Å². The number of rotatable bonds is 2. The molecule has 1 N–H and O–H groups in total. The Balaban J connectivity index is 2.81. The Labute approximate surface area is 41.0 Å². The fraction of sp³-hybridized carbons (Fsp3) is 0.750. The molecule has 0 bridgehead atoms. The minimum atomic E-state index is 0.544. The second-order valence-electron chi connectivity index (χ2n) is 1.47. The van der Waals surface area contributed by atoms with E-state index in [1.165, 1.54) is 0 Å². The van der Waals surface area contributed by atoms with Gasteiger partial charge in [0.2, 0.25) is 0 Å². The maximum Gasteiger partial charge on any atom is 0.00533 e. The molecule has 0 aromatic rings. The Hall–Kier alpha value is 0.130. The Bertz CT molecular complexity index is 42.8. The van der Waals surface area contributed by atoms with Crippen LogP contribution in [0.25, 0.3) is 0 Å². The van der Waals surface area contributed by atoms with Crippen LogP contribution in [0, 0.1) is 0 Å². The second kappa shape index (κ2) is 3.32.